The molecule has 0 unspecified atom stereocenters. The summed E-state index contributed by atoms with van der Waals surface area (Å²) in [6.45, 7) is 3.44. The van der Waals surface area contributed by atoms with E-state index in [1.807, 2.05) is 42.7 Å². The van der Waals surface area contributed by atoms with Gasteiger partial charge in [0, 0.05) is 22.6 Å². The Kier molecular flexibility index (Phi) is 4.93. The highest BCUT2D eigenvalue weighted by molar-refractivity contribution is 6.00. The van der Waals surface area contributed by atoms with Crippen molar-refractivity contribution in [2.75, 3.05) is 13.7 Å². The smallest absolute Gasteiger partial charge is 0.374 e. The lowest BCUT2D eigenvalue weighted by Gasteiger charge is -2.10. The van der Waals surface area contributed by atoms with Gasteiger partial charge in [-0.25, -0.2) is 4.79 Å². The Morgan fingerprint density at radius 2 is 1.85 bits per heavy atom. The van der Waals surface area contributed by atoms with Crippen molar-refractivity contribution in [3.63, 3.8) is 0 Å². The molecule has 0 aliphatic rings. The Hall–Kier alpha value is -3.28. The molecule has 6 nitrogen and oxygen atoms in total. The van der Waals surface area contributed by atoms with Crippen LogP contribution < -0.4 is 4.74 Å². The number of nitrogens with zero attached hydrogens (tertiary/aromatic N) is 1. The number of carbonyl (C=O) groups excluding carboxylic acids is 2. The minimum absolute atomic E-state index is 0.0708. The average Bonchev–Trinajstić information content (AvgIpc) is 3.28. The summed E-state index contributed by atoms with van der Waals surface area (Å²) in [4.78, 5) is 24.3. The number of ether oxygens (including phenoxy) is 2. The molecule has 0 spiro atoms. The first-order chi connectivity index (χ1) is 12.5. The van der Waals surface area contributed by atoms with Crippen LogP contribution in [0.15, 0.2) is 53.1 Å². The largest absolute Gasteiger partial charge is 0.497 e. The number of carbonyl (C=O) groups is 2. The summed E-state index contributed by atoms with van der Waals surface area (Å²) in [5.41, 5.74) is 3.14. The van der Waals surface area contributed by atoms with Crippen LogP contribution in [-0.4, -0.2) is 30.0 Å². The van der Waals surface area contributed by atoms with Gasteiger partial charge in [-0.2, -0.15) is 0 Å². The Bertz CT molecular complexity index is 920. The second kappa shape index (κ2) is 7.31. The highest BCUT2D eigenvalue weighted by Crippen LogP contribution is 2.23. The van der Waals surface area contributed by atoms with Gasteiger partial charge < -0.3 is 18.5 Å². The monoisotopic (exact) mass is 353 g/mol. The van der Waals surface area contributed by atoms with Gasteiger partial charge in [0.05, 0.1) is 13.4 Å². The molecule has 3 aromatic rings. The Balaban J connectivity index is 1.78. The maximum atomic E-state index is 12.5. The van der Waals surface area contributed by atoms with Crippen LogP contribution in [0.2, 0.25) is 0 Å². The number of rotatable bonds is 6. The molecule has 0 amide bonds. The van der Waals surface area contributed by atoms with Crippen molar-refractivity contribution in [2.24, 2.45) is 0 Å². The Morgan fingerprint density at radius 1 is 1.12 bits per heavy atom. The van der Waals surface area contributed by atoms with Gasteiger partial charge in [0.2, 0.25) is 11.5 Å². The molecule has 134 valence electrons. The Morgan fingerprint density at radius 3 is 2.46 bits per heavy atom. The van der Waals surface area contributed by atoms with Crippen LogP contribution >= 0.6 is 0 Å². The predicted molar refractivity (Wildman–Crippen MR) is 95.1 cm³/mol. The van der Waals surface area contributed by atoms with Crippen LogP contribution in [0.3, 0.4) is 0 Å². The first-order valence-corrected chi connectivity index (χ1v) is 8.08. The normalized spacial score (nSPS) is 10.6. The number of aryl methyl sites for hydroxylation is 1. The van der Waals surface area contributed by atoms with E-state index in [4.69, 9.17) is 13.9 Å². The lowest BCUT2D eigenvalue weighted by molar-refractivity contribution is 0.0444. The molecule has 0 saturated carbocycles. The van der Waals surface area contributed by atoms with Gasteiger partial charge in [-0.1, -0.05) is 0 Å². The van der Waals surface area contributed by atoms with E-state index in [-0.39, 0.29) is 18.2 Å². The van der Waals surface area contributed by atoms with Crippen LogP contribution in [-0.2, 0) is 4.74 Å². The van der Waals surface area contributed by atoms with Crippen molar-refractivity contribution in [1.82, 2.24) is 4.57 Å². The first-order valence-electron chi connectivity index (χ1n) is 8.08. The molecule has 2 aromatic heterocycles. The summed E-state index contributed by atoms with van der Waals surface area (Å²) in [5.74, 6) is -0.0936. The third-order valence-electron chi connectivity index (χ3n) is 4.12. The second-order valence-electron chi connectivity index (χ2n) is 5.79. The van der Waals surface area contributed by atoms with E-state index >= 15 is 0 Å². The fraction of sp³-hybridized carbons (Fsp3) is 0.200. The highest BCUT2D eigenvalue weighted by Gasteiger charge is 2.19. The molecule has 0 N–H and O–H groups in total. The molecule has 0 aliphatic carbocycles. The molecule has 0 aliphatic heterocycles. The van der Waals surface area contributed by atoms with Gasteiger partial charge in [0.15, 0.2) is 6.61 Å². The van der Waals surface area contributed by atoms with Gasteiger partial charge >= 0.3 is 5.97 Å². The topological polar surface area (TPSA) is 70.7 Å². The van der Waals surface area contributed by atoms with Crippen LogP contribution in [0.25, 0.3) is 5.69 Å². The summed E-state index contributed by atoms with van der Waals surface area (Å²) in [5, 5.41) is 0. The summed E-state index contributed by atoms with van der Waals surface area (Å²) < 4.78 is 17.1. The summed E-state index contributed by atoms with van der Waals surface area (Å²) in [7, 11) is 1.61. The van der Waals surface area contributed by atoms with E-state index in [2.05, 4.69) is 0 Å². The molecular formula is C20H19NO5. The van der Waals surface area contributed by atoms with Gasteiger partial charge in [0.25, 0.3) is 0 Å². The summed E-state index contributed by atoms with van der Waals surface area (Å²) >= 11 is 0. The second-order valence-corrected chi connectivity index (χ2v) is 5.79. The number of hydrogen-bond donors (Lipinski definition) is 0. The molecule has 0 fully saturated rings. The lowest BCUT2D eigenvalue weighted by atomic mass is 10.1. The van der Waals surface area contributed by atoms with E-state index in [1.54, 1.807) is 19.2 Å². The predicted octanol–water partition coefficient (Wildman–Crippen LogP) is 3.74. The van der Waals surface area contributed by atoms with E-state index in [1.165, 1.54) is 12.3 Å². The van der Waals surface area contributed by atoms with Gasteiger partial charge in [0.1, 0.15) is 5.75 Å². The maximum absolute atomic E-state index is 12.5. The van der Waals surface area contributed by atoms with Crippen molar-refractivity contribution in [3.8, 4) is 11.4 Å². The molecule has 0 bridgehead atoms. The molecule has 0 atom stereocenters. The molecule has 0 saturated heterocycles. The van der Waals surface area contributed by atoms with E-state index in [0.29, 0.717) is 5.56 Å². The number of furan rings is 1. The Labute approximate surface area is 150 Å². The number of benzene rings is 1. The fourth-order valence-electron chi connectivity index (χ4n) is 2.85. The highest BCUT2D eigenvalue weighted by atomic mass is 16.5. The standard InChI is InChI=1S/C20H19NO5/c1-13-11-17(18(22)12-26-20(23)19-5-4-10-25-19)14(2)21(13)15-6-8-16(24-3)9-7-15/h4-11H,12H2,1-3H3. The number of ketones is 1. The molecule has 2 heterocycles. The number of hydrogen-bond acceptors (Lipinski definition) is 5. The molecule has 0 radical (unpaired) electrons. The summed E-state index contributed by atoms with van der Waals surface area (Å²) in [6.07, 6.45) is 1.38. The molecular weight excluding hydrogens is 334 g/mol. The number of aromatic nitrogens is 1. The molecule has 26 heavy (non-hydrogen) atoms. The van der Waals surface area contributed by atoms with Crippen molar-refractivity contribution in [3.05, 3.63) is 71.4 Å². The maximum Gasteiger partial charge on any atom is 0.374 e. The molecule has 3 rings (SSSR count). The molecule has 6 heteroatoms. The van der Waals surface area contributed by atoms with Crippen molar-refractivity contribution < 1.29 is 23.5 Å². The fourth-order valence-corrected chi connectivity index (χ4v) is 2.85. The van der Waals surface area contributed by atoms with E-state index < -0.39 is 5.97 Å². The average molecular weight is 353 g/mol. The van der Waals surface area contributed by atoms with Crippen LogP contribution in [0, 0.1) is 13.8 Å². The SMILES string of the molecule is COc1ccc(-n2c(C)cc(C(=O)COC(=O)c3ccco3)c2C)cc1. The van der Waals surface area contributed by atoms with Gasteiger partial charge in [-0.15, -0.1) is 0 Å². The number of esters is 1. The lowest BCUT2D eigenvalue weighted by Crippen LogP contribution is -2.14. The number of methoxy groups -OCH3 is 1. The van der Waals surface area contributed by atoms with E-state index in [9.17, 15) is 9.59 Å². The quantitative estimate of drug-likeness (QED) is 0.499. The minimum atomic E-state index is -0.660. The van der Waals surface area contributed by atoms with Crippen LogP contribution in [0.4, 0.5) is 0 Å². The third-order valence-corrected chi connectivity index (χ3v) is 4.12. The molecule has 1 aromatic carbocycles. The zero-order valence-corrected chi connectivity index (χ0v) is 14.8. The number of Topliss-reactive ketones (excluding diaryl/α,β-unsaturated/α-hetero) is 1. The van der Waals surface area contributed by atoms with Crippen molar-refractivity contribution in [2.45, 2.75) is 13.8 Å². The zero-order valence-electron chi connectivity index (χ0n) is 14.8. The third kappa shape index (κ3) is 3.39. The van der Waals surface area contributed by atoms with Gasteiger partial charge in [-0.05, 0) is 56.3 Å². The van der Waals surface area contributed by atoms with Crippen molar-refractivity contribution >= 4 is 11.8 Å². The van der Waals surface area contributed by atoms with Crippen LogP contribution in [0.1, 0.15) is 32.3 Å². The first kappa shape index (κ1) is 17.5. The van der Waals surface area contributed by atoms with Gasteiger partial charge in [-0.3, -0.25) is 4.79 Å². The summed E-state index contributed by atoms with van der Waals surface area (Å²) in [6, 6.07) is 12.4. The van der Waals surface area contributed by atoms with Crippen LogP contribution in [0.5, 0.6) is 5.75 Å². The minimum Gasteiger partial charge on any atom is -0.497 e. The zero-order chi connectivity index (χ0) is 18.7. The van der Waals surface area contributed by atoms with Crippen molar-refractivity contribution in [1.29, 1.82) is 0 Å². The van der Waals surface area contributed by atoms with E-state index in [0.717, 1.165) is 22.8 Å².